The molecular weight excluding hydrogens is 174 g/mol. The molecule has 0 radical (unpaired) electrons. The lowest BCUT2D eigenvalue weighted by atomic mass is 10.0. The molecule has 2 N–H and O–H groups in total. The van der Waals surface area contributed by atoms with Gasteiger partial charge in [0.1, 0.15) is 5.54 Å². The van der Waals surface area contributed by atoms with Gasteiger partial charge in [-0.1, -0.05) is 0 Å². The molecule has 1 atom stereocenters. The van der Waals surface area contributed by atoms with Crippen molar-refractivity contribution in [1.82, 2.24) is 5.32 Å². The van der Waals surface area contributed by atoms with Crippen LogP contribution in [0.2, 0.25) is 0 Å². The van der Waals surface area contributed by atoms with Gasteiger partial charge in [0, 0.05) is 13.0 Å². The molecule has 1 rings (SSSR count). The van der Waals surface area contributed by atoms with Crippen LogP contribution in [0.25, 0.3) is 0 Å². The number of carboxylic acids is 1. The molecule has 0 aromatic carbocycles. The highest BCUT2D eigenvalue weighted by Gasteiger charge is 2.39. The number of hydrogen-bond acceptors (Lipinski definition) is 4. The highest BCUT2D eigenvalue weighted by atomic mass is 16.5. The van der Waals surface area contributed by atoms with Crippen molar-refractivity contribution in [1.29, 1.82) is 0 Å². The van der Waals surface area contributed by atoms with Gasteiger partial charge in [-0.25, -0.2) is 0 Å². The van der Waals surface area contributed by atoms with Gasteiger partial charge in [-0.05, 0) is 6.92 Å². The van der Waals surface area contributed by atoms with Crippen LogP contribution >= 0.6 is 0 Å². The van der Waals surface area contributed by atoms with Crippen molar-refractivity contribution >= 4 is 11.9 Å². The number of aliphatic carboxylic acids is 1. The first-order chi connectivity index (χ1) is 6.04. The van der Waals surface area contributed by atoms with Gasteiger partial charge in [0.15, 0.2) is 0 Å². The summed E-state index contributed by atoms with van der Waals surface area (Å²) >= 11 is 0. The third-order valence-electron chi connectivity index (χ3n) is 2.14. The fourth-order valence-corrected chi connectivity index (χ4v) is 1.22. The lowest BCUT2D eigenvalue weighted by Gasteiger charge is -2.19. The third-order valence-corrected chi connectivity index (χ3v) is 2.14. The molecule has 5 heteroatoms. The van der Waals surface area contributed by atoms with Gasteiger partial charge in [-0.3, -0.25) is 9.59 Å². The molecule has 1 heterocycles. The minimum atomic E-state index is -0.873. The molecule has 1 aliphatic heterocycles. The van der Waals surface area contributed by atoms with Crippen molar-refractivity contribution in [3.63, 3.8) is 0 Å². The standard InChI is InChI=1S/C8H13NO4/c1-8(3-5-13-7(8)12)9-4-2-6(10)11/h9H,2-5H2,1H3,(H,10,11). The average molecular weight is 187 g/mol. The van der Waals surface area contributed by atoms with Gasteiger partial charge >= 0.3 is 11.9 Å². The zero-order valence-electron chi connectivity index (χ0n) is 7.50. The predicted molar refractivity (Wildman–Crippen MR) is 44.2 cm³/mol. The van der Waals surface area contributed by atoms with Crippen LogP contribution < -0.4 is 5.32 Å². The maximum absolute atomic E-state index is 11.1. The maximum Gasteiger partial charge on any atom is 0.326 e. The van der Waals surface area contributed by atoms with Crippen molar-refractivity contribution in [2.24, 2.45) is 0 Å². The van der Waals surface area contributed by atoms with E-state index >= 15 is 0 Å². The summed E-state index contributed by atoms with van der Waals surface area (Å²) in [6.07, 6.45) is 0.619. The first-order valence-electron chi connectivity index (χ1n) is 4.19. The molecule has 0 spiro atoms. The normalized spacial score (nSPS) is 27.3. The Morgan fingerprint density at radius 1 is 1.77 bits per heavy atom. The second-order valence-electron chi connectivity index (χ2n) is 3.29. The summed E-state index contributed by atoms with van der Waals surface area (Å²) in [6, 6.07) is 0. The Hall–Kier alpha value is -1.10. The molecule has 0 aromatic rings. The molecule has 1 fully saturated rings. The minimum absolute atomic E-state index is 0.0167. The number of carbonyl (C=O) groups excluding carboxylic acids is 1. The zero-order valence-corrected chi connectivity index (χ0v) is 7.50. The van der Waals surface area contributed by atoms with E-state index in [4.69, 9.17) is 9.84 Å². The Bertz CT molecular complexity index is 228. The zero-order chi connectivity index (χ0) is 9.90. The topological polar surface area (TPSA) is 75.6 Å². The number of ether oxygens (including phenoxy) is 1. The summed E-state index contributed by atoms with van der Waals surface area (Å²) in [4.78, 5) is 21.3. The van der Waals surface area contributed by atoms with E-state index in [0.29, 0.717) is 19.6 Å². The monoisotopic (exact) mass is 187 g/mol. The molecule has 0 aliphatic carbocycles. The largest absolute Gasteiger partial charge is 0.481 e. The van der Waals surface area contributed by atoms with Crippen molar-refractivity contribution in [2.75, 3.05) is 13.2 Å². The molecule has 74 valence electrons. The van der Waals surface area contributed by atoms with E-state index in [-0.39, 0.29) is 12.4 Å². The minimum Gasteiger partial charge on any atom is -0.481 e. The molecule has 13 heavy (non-hydrogen) atoms. The van der Waals surface area contributed by atoms with Crippen molar-refractivity contribution < 1.29 is 19.4 Å². The van der Waals surface area contributed by atoms with E-state index in [2.05, 4.69) is 5.32 Å². The lowest BCUT2D eigenvalue weighted by Crippen LogP contribution is -2.47. The van der Waals surface area contributed by atoms with Crippen LogP contribution in [0.15, 0.2) is 0 Å². The Morgan fingerprint density at radius 2 is 2.46 bits per heavy atom. The number of hydrogen-bond donors (Lipinski definition) is 2. The molecular formula is C8H13NO4. The summed E-state index contributed by atoms with van der Waals surface area (Å²) in [6.45, 7) is 2.43. The van der Waals surface area contributed by atoms with E-state index < -0.39 is 11.5 Å². The Balaban J connectivity index is 2.34. The van der Waals surface area contributed by atoms with Crippen molar-refractivity contribution in [2.45, 2.75) is 25.3 Å². The molecule has 5 nitrogen and oxygen atoms in total. The van der Waals surface area contributed by atoms with Crippen LogP contribution in [-0.2, 0) is 14.3 Å². The number of cyclic esters (lactones) is 1. The van der Waals surface area contributed by atoms with Crippen molar-refractivity contribution in [3.8, 4) is 0 Å². The molecule has 1 saturated heterocycles. The predicted octanol–water partition coefficient (Wildman–Crippen LogP) is -0.244. The van der Waals surface area contributed by atoms with Crippen molar-refractivity contribution in [3.05, 3.63) is 0 Å². The molecule has 0 bridgehead atoms. The first-order valence-corrected chi connectivity index (χ1v) is 4.19. The maximum atomic E-state index is 11.1. The fraction of sp³-hybridized carbons (Fsp3) is 0.750. The van der Waals surface area contributed by atoms with E-state index in [9.17, 15) is 9.59 Å². The second kappa shape index (κ2) is 3.74. The lowest BCUT2D eigenvalue weighted by molar-refractivity contribution is -0.143. The molecule has 0 amide bonds. The summed E-state index contributed by atoms with van der Waals surface area (Å²) < 4.78 is 4.78. The number of carbonyl (C=O) groups is 2. The Labute approximate surface area is 76.1 Å². The highest BCUT2D eigenvalue weighted by molar-refractivity contribution is 5.82. The molecule has 1 unspecified atom stereocenters. The van der Waals surface area contributed by atoms with Gasteiger partial charge in [0.2, 0.25) is 0 Å². The first kappa shape index (κ1) is 9.98. The van der Waals surface area contributed by atoms with Crippen LogP contribution in [0, 0.1) is 0 Å². The van der Waals surface area contributed by atoms with Gasteiger partial charge in [-0.2, -0.15) is 0 Å². The highest BCUT2D eigenvalue weighted by Crippen LogP contribution is 2.18. The molecule has 0 aromatic heterocycles. The molecule has 0 saturated carbocycles. The van der Waals surface area contributed by atoms with E-state index in [1.807, 2.05) is 0 Å². The SMILES string of the molecule is CC1(NCCC(=O)O)CCOC1=O. The number of esters is 1. The number of carboxylic acid groups (broad SMARTS) is 1. The fourth-order valence-electron chi connectivity index (χ4n) is 1.22. The quantitative estimate of drug-likeness (QED) is 0.594. The smallest absolute Gasteiger partial charge is 0.326 e. The van der Waals surface area contributed by atoms with Gasteiger partial charge in [0.05, 0.1) is 13.0 Å². The van der Waals surface area contributed by atoms with E-state index in [1.165, 1.54) is 0 Å². The van der Waals surface area contributed by atoms with Gasteiger partial charge in [-0.15, -0.1) is 0 Å². The Morgan fingerprint density at radius 3 is 2.92 bits per heavy atom. The summed E-state index contributed by atoms with van der Waals surface area (Å²) in [5.74, 6) is -1.17. The number of rotatable bonds is 4. The van der Waals surface area contributed by atoms with Crippen LogP contribution in [0.5, 0.6) is 0 Å². The Kier molecular flexibility index (Phi) is 2.87. The van der Waals surface area contributed by atoms with Crippen LogP contribution in [0.3, 0.4) is 0 Å². The van der Waals surface area contributed by atoms with Crippen LogP contribution in [0.4, 0.5) is 0 Å². The van der Waals surface area contributed by atoms with E-state index in [1.54, 1.807) is 6.92 Å². The third kappa shape index (κ3) is 2.42. The summed E-state index contributed by atoms with van der Waals surface area (Å²) in [7, 11) is 0. The van der Waals surface area contributed by atoms with Crippen LogP contribution in [0.1, 0.15) is 19.8 Å². The van der Waals surface area contributed by atoms with E-state index in [0.717, 1.165) is 0 Å². The average Bonchev–Trinajstić information content (AvgIpc) is 2.32. The summed E-state index contributed by atoms with van der Waals surface area (Å²) in [5.41, 5.74) is -0.685. The molecule has 1 aliphatic rings. The number of nitrogens with one attached hydrogen (secondary N) is 1. The van der Waals surface area contributed by atoms with Crippen LogP contribution in [-0.4, -0.2) is 35.7 Å². The summed E-state index contributed by atoms with van der Waals surface area (Å²) in [5, 5.41) is 11.3. The second-order valence-corrected chi connectivity index (χ2v) is 3.29. The van der Waals surface area contributed by atoms with Gasteiger partial charge < -0.3 is 15.2 Å². The van der Waals surface area contributed by atoms with Gasteiger partial charge in [0.25, 0.3) is 0 Å².